The fourth-order valence-electron chi connectivity index (χ4n) is 0.705. The molecule has 12 heavy (non-hydrogen) atoms. The van der Waals surface area contributed by atoms with E-state index in [4.69, 9.17) is 0 Å². The van der Waals surface area contributed by atoms with Crippen LogP contribution in [0.1, 0.15) is 5.56 Å². The van der Waals surface area contributed by atoms with Gasteiger partial charge >= 0.3 is 0 Å². The quantitative estimate of drug-likeness (QED) is 0.697. The highest BCUT2D eigenvalue weighted by Gasteiger charge is 2.05. The molecule has 1 aromatic rings. The fourth-order valence-corrected chi connectivity index (χ4v) is 0.934. The average Bonchev–Trinajstić information content (AvgIpc) is 2.04. The summed E-state index contributed by atoms with van der Waals surface area (Å²) in [6, 6.07) is 4.44. The lowest BCUT2D eigenvalue weighted by Crippen LogP contribution is -1.79. The third kappa shape index (κ3) is 2.11. The van der Waals surface area contributed by atoms with E-state index >= 15 is 0 Å². The van der Waals surface area contributed by atoms with Gasteiger partial charge in [-0.15, -0.1) is 0 Å². The SMILES string of the molecule is F/C(Br)=C(/F)c1ccc(F)cc1. The van der Waals surface area contributed by atoms with E-state index in [1.807, 2.05) is 0 Å². The zero-order valence-corrected chi connectivity index (χ0v) is 7.41. The smallest absolute Gasteiger partial charge is 0.201 e. The molecule has 0 aromatic heterocycles. The number of rotatable bonds is 1. The van der Waals surface area contributed by atoms with Crippen LogP contribution in [0.15, 0.2) is 29.0 Å². The van der Waals surface area contributed by atoms with Crippen LogP contribution in [0.2, 0.25) is 0 Å². The van der Waals surface area contributed by atoms with Crippen molar-refractivity contribution in [2.75, 3.05) is 0 Å². The van der Waals surface area contributed by atoms with Gasteiger partial charge in [0.15, 0.2) is 5.83 Å². The third-order valence-electron chi connectivity index (χ3n) is 1.26. The first-order chi connectivity index (χ1) is 5.61. The molecule has 0 bridgehead atoms. The first-order valence-corrected chi connectivity index (χ1v) is 3.87. The lowest BCUT2D eigenvalue weighted by atomic mass is 10.2. The highest BCUT2D eigenvalue weighted by Crippen LogP contribution is 2.24. The van der Waals surface area contributed by atoms with Crippen LogP contribution in [-0.2, 0) is 0 Å². The lowest BCUT2D eigenvalue weighted by molar-refractivity contribution is 0.626. The number of hydrogen-bond acceptors (Lipinski definition) is 0. The third-order valence-corrected chi connectivity index (χ3v) is 1.61. The summed E-state index contributed by atoms with van der Waals surface area (Å²) in [4.78, 5) is 0. The van der Waals surface area contributed by atoms with Crippen molar-refractivity contribution < 1.29 is 13.2 Å². The number of benzene rings is 1. The van der Waals surface area contributed by atoms with Crippen molar-refractivity contribution in [1.82, 2.24) is 0 Å². The molecule has 0 nitrogen and oxygen atoms in total. The molecule has 0 unspecified atom stereocenters. The number of hydrogen-bond donors (Lipinski definition) is 0. The van der Waals surface area contributed by atoms with Crippen molar-refractivity contribution in [3.63, 3.8) is 0 Å². The second-order valence-corrected chi connectivity index (χ2v) is 2.78. The molecule has 0 aliphatic carbocycles. The molecule has 0 saturated carbocycles. The Morgan fingerprint density at radius 3 is 2.00 bits per heavy atom. The van der Waals surface area contributed by atoms with E-state index < -0.39 is 16.4 Å². The predicted molar refractivity (Wildman–Crippen MR) is 44.5 cm³/mol. The van der Waals surface area contributed by atoms with Crippen LogP contribution in [0.5, 0.6) is 0 Å². The summed E-state index contributed by atoms with van der Waals surface area (Å²) in [6.07, 6.45) is 0. The normalized spacial score (nSPS) is 12.7. The van der Waals surface area contributed by atoms with Crippen LogP contribution in [0, 0.1) is 5.82 Å². The first-order valence-electron chi connectivity index (χ1n) is 3.08. The minimum absolute atomic E-state index is 0.00535. The molecule has 0 radical (unpaired) electrons. The van der Waals surface area contributed by atoms with E-state index in [1.165, 1.54) is 0 Å². The molecule has 0 atom stereocenters. The molecule has 64 valence electrons. The minimum atomic E-state index is -1.09. The van der Waals surface area contributed by atoms with Crippen molar-refractivity contribution in [2.24, 2.45) is 0 Å². The number of halogens is 4. The van der Waals surface area contributed by atoms with Gasteiger partial charge in [-0.3, -0.25) is 0 Å². The van der Waals surface area contributed by atoms with Gasteiger partial charge in [-0.2, -0.15) is 4.39 Å². The topological polar surface area (TPSA) is 0 Å². The van der Waals surface area contributed by atoms with Gasteiger partial charge in [-0.1, -0.05) is 0 Å². The van der Waals surface area contributed by atoms with Crippen LogP contribution in [0.4, 0.5) is 13.2 Å². The van der Waals surface area contributed by atoms with Crippen molar-refractivity contribution in [3.05, 3.63) is 40.4 Å². The van der Waals surface area contributed by atoms with Crippen LogP contribution in [-0.4, -0.2) is 0 Å². The Morgan fingerprint density at radius 2 is 1.58 bits per heavy atom. The Labute approximate surface area is 75.8 Å². The van der Waals surface area contributed by atoms with Crippen molar-refractivity contribution in [3.8, 4) is 0 Å². The van der Waals surface area contributed by atoms with E-state index in [1.54, 1.807) is 0 Å². The monoisotopic (exact) mass is 236 g/mol. The van der Waals surface area contributed by atoms with Crippen LogP contribution in [0.3, 0.4) is 0 Å². The fraction of sp³-hybridized carbons (Fsp3) is 0. The van der Waals surface area contributed by atoms with Gasteiger partial charge in [0.05, 0.1) is 0 Å². The van der Waals surface area contributed by atoms with Crippen molar-refractivity contribution in [1.29, 1.82) is 0 Å². The van der Waals surface area contributed by atoms with Crippen LogP contribution in [0.25, 0.3) is 5.83 Å². The zero-order valence-electron chi connectivity index (χ0n) is 5.82. The molecule has 0 aliphatic rings. The summed E-state index contributed by atoms with van der Waals surface area (Å²) in [5, 5.41) is 0. The first kappa shape index (κ1) is 9.32. The Balaban J connectivity index is 3.06. The molecule has 0 amide bonds. The van der Waals surface area contributed by atoms with Crippen LogP contribution < -0.4 is 0 Å². The molecule has 0 N–H and O–H groups in total. The maximum absolute atomic E-state index is 12.7. The van der Waals surface area contributed by atoms with E-state index in [0.29, 0.717) is 0 Å². The molecule has 1 rings (SSSR count). The lowest BCUT2D eigenvalue weighted by Gasteiger charge is -1.95. The Hall–Kier alpha value is -0.770. The van der Waals surface area contributed by atoms with E-state index in [-0.39, 0.29) is 5.56 Å². The Kier molecular flexibility index (Phi) is 2.92. The highest BCUT2D eigenvalue weighted by molar-refractivity contribution is 9.11. The summed E-state index contributed by atoms with van der Waals surface area (Å²) >= 11 is 2.34. The average molecular weight is 237 g/mol. The zero-order chi connectivity index (χ0) is 9.14. The summed E-state index contributed by atoms with van der Waals surface area (Å²) in [5.41, 5.74) is 0.00535. The Bertz CT molecular complexity index is 299. The molecule has 4 heteroatoms. The molecular weight excluding hydrogens is 233 g/mol. The summed E-state index contributed by atoms with van der Waals surface area (Å²) in [6.45, 7) is 0. The molecule has 0 fully saturated rings. The van der Waals surface area contributed by atoms with E-state index in [2.05, 4.69) is 15.9 Å². The van der Waals surface area contributed by atoms with Crippen molar-refractivity contribution in [2.45, 2.75) is 0 Å². The van der Waals surface area contributed by atoms with Gasteiger partial charge in [-0.05, 0) is 40.2 Å². The predicted octanol–water partition coefficient (Wildman–Crippen LogP) is 3.79. The maximum atomic E-state index is 12.7. The molecule has 0 aliphatic heterocycles. The second kappa shape index (κ2) is 3.76. The van der Waals surface area contributed by atoms with Crippen molar-refractivity contribution >= 4 is 21.8 Å². The van der Waals surface area contributed by atoms with Gasteiger partial charge in [0, 0.05) is 5.56 Å². The molecule has 0 saturated heterocycles. The second-order valence-electron chi connectivity index (χ2n) is 2.08. The van der Waals surface area contributed by atoms with Gasteiger partial charge in [-0.25, -0.2) is 8.78 Å². The van der Waals surface area contributed by atoms with Gasteiger partial charge in [0.25, 0.3) is 0 Å². The van der Waals surface area contributed by atoms with Gasteiger partial charge in [0.2, 0.25) is 4.74 Å². The molecule has 1 aromatic carbocycles. The highest BCUT2D eigenvalue weighted by atomic mass is 79.9. The summed E-state index contributed by atoms with van der Waals surface area (Å²) in [7, 11) is 0. The largest absolute Gasteiger partial charge is 0.207 e. The molecular formula is C8H4BrF3. The molecule has 0 heterocycles. The maximum Gasteiger partial charge on any atom is 0.201 e. The van der Waals surface area contributed by atoms with E-state index in [0.717, 1.165) is 24.3 Å². The standard InChI is InChI=1S/C8H4BrF3/c9-8(12)7(11)5-1-3-6(10)4-2-5/h1-4H/b8-7+. The van der Waals surface area contributed by atoms with Gasteiger partial charge < -0.3 is 0 Å². The minimum Gasteiger partial charge on any atom is -0.207 e. The van der Waals surface area contributed by atoms with E-state index in [9.17, 15) is 13.2 Å². The summed E-state index contributed by atoms with van der Waals surface area (Å²) < 4.78 is 36.2. The van der Waals surface area contributed by atoms with Crippen LogP contribution >= 0.6 is 15.9 Å². The summed E-state index contributed by atoms with van der Waals surface area (Å²) in [5.74, 6) is -1.52. The molecule has 0 spiro atoms. The van der Waals surface area contributed by atoms with Gasteiger partial charge in [0.1, 0.15) is 5.82 Å². The Morgan fingerprint density at radius 1 is 1.08 bits per heavy atom.